The lowest BCUT2D eigenvalue weighted by atomic mass is 9.77. The molecule has 8 atom stereocenters. The van der Waals surface area contributed by atoms with Crippen molar-refractivity contribution < 1.29 is 61.3 Å². The molecule has 0 saturated carbocycles. The Morgan fingerprint density at radius 3 is 2.03 bits per heavy atom. The molecule has 0 amide bonds. The maximum atomic E-state index is 13.4. The number of nitriles is 1. The van der Waals surface area contributed by atoms with Gasteiger partial charge in [-0.1, -0.05) is 116 Å². The summed E-state index contributed by atoms with van der Waals surface area (Å²) in [5.74, 6) is -0.620. The molecule has 8 aromatic rings. The fraction of sp³-hybridized carbons (Fsp3) is 0.358. The monoisotopic (exact) mass is 1210 g/mol. The highest BCUT2D eigenvalue weighted by molar-refractivity contribution is 7.44. The van der Waals surface area contributed by atoms with Gasteiger partial charge in [0.2, 0.25) is 11.8 Å². The predicted molar refractivity (Wildman–Crippen MR) is 331 cm³/mol. The average molecular weight is 1210 g/mol. The number of hydrogen-bond acceptors (Lipinski definition) is 19. The molecule has 10 rings (SSSR count). The number of carbonyl (C=O) groups excluding carboxylic acids is 3. The van der Waals surface area contributed by atoms with E-state index in [1.165, 1.54) is 20.8 Å². The zero-order valence-electron chi connectivity index (χ0n) is 50.7. The number of imidazole rings is 1. The largest absolute Gasteiger partial charge is 0.497 e. The Kier molecular flexibility index (Phi) is 19.6. The van der Waals surface area contributed by atoms with Crippen molar-refractivity contribution in [3.63, 3.8) is 0 Å². The van der Waals surface area contributed by atoms with Crippen molar-refractivity contribution in [2.45, 2.75) is 122 Å². The number of benzene rings is 6. The summed E-state index contributed by atoms with van der Waals surface area (Å²) in [7, 11) is 1.44. The van der Waals surface area contributed by atoms with Crippen LogP contribution in [0.3, 0.4) is 0 Å². The SMILES string of the molecule is C=CCOc1nc(N[C@H]2c3c(ccc4ccc5ccccc5c34)[C@H](OC(C)=O)[C@@H](OC(C)=O)[C@@H]2OC(C)=O)nc2c1ncn2[C@H]1C[C@H](OP(OCCC#N)N(C(C)C)C(C)C)[C@@H](COC(c2ccccc2)(c2ccc(OC)cc2)c2ccc(OC)cc2)O1. The van der Waals surface area contributed by atoms with E-state index in [-0.39, 0.29) is 67.7 Å². The Morgan fingerprint density at radius 2 is 1.41 bits per heavy atom. The van der Waals surface area contributed by atoms with Crippen LogP contribution in [0.4, 0.5) is 5.95 Å². The summed E-state index contributed by atoms with van der Waals surface area (Å²) in [6.07, 6.45) is -2.64. The lowest BCUT2D eigenvalue weighted by molar-refractivity contribution is -0.187. The third kappa shape index (κ3) is 13.0. The van der Waals surface area contributed by atoms with Crippen LogP contribution in [0.5, 0.6) is 17.4 Å². The molecule has 20 nitrogen and oxygen atoms in total. The Hall–Kier alpha value is -8.54. The average Bonchev–Trinajstić information content (AvgIpc) is 1.02. The molecule has 1 N–H and O–H groups in total. The normalized spacial score (nSPS) is 19.5. The molecule has 1 fully saturated rings. The minimum Gasteiger partial charge on any atom is -0.497 e. The molecule has 3 heterocycles. The van der Waals surface area contributed by atoms with Gasteiger partial charge in [0.15, 0.2) is 29.5 Å². The molecule has 1 saturated heterocycles. The number of fused-ring (bicyclic) bond motifs is 6. The second kappa shape index (κ2) is 27.7. The fourth-order valence-corrected chi connectivity index (χ4v) is 13.7. The number of anilines is 1. The third-order valence-corrected chi connectivity index (χ3v) is 17.6. The van der Waals surface area contributed by atoms with E-state index in [0.717, 1.165) is 38.2 Å². The van der Waals surface area contributed by atoms with Gasteiger partial charge in [-0.15, -0.1) is 0 Å². The predicted octanol–water partition coefficient (Wildman–Crippen LogP) is 12.3. The summed E-state index contributed by atoms with van der Waals surface area (Å²) in [6.45, 7) is 16.1. The molecular formula is C67H72N7O13P. The van der Waals surface area contributed by atoms with Gasteiger partial charge in [0.05, 0.1) is 58.4 Å². The summed E-state index contributed by atoms with van der Waals surface area (Å²) in [6, 6.07) is 42.2. The van der Waals surface area contributed by atoms with E-state index in [9.17, 15) is 19.6 Å². The van der Waals surface area contributed by atoms with Gasteiger partial charge in [-0.25, -0.2) is 9.65 Å². The molecule has 6 aromatic carbocycles. The summed E-state index contributed by atoms with van der Waals surface area (Å²) < 4.78 is 68.4. The molecule has 21 heteroatoms. The van der Waals surface area contributed by atoms with Crippen molar-refractivity contribution in [2.75, 3.05) is 39.4 Å². The van der Waals surface area contributed by atoms with Gasteiger partial charge in [0, 0.05) is 44.8 Å². The minimum atomic E-state index is -1.81. The first kappa shape index (κ1) is 62.5. The van der Waals surface area contributed by atoms with Gasteiger partial charge in [0.1, 0.15) is 36.0 Å². The summed E-state index contributed by atoms with van der Waals surface area (Å²) in [4.78, 5) is 54.5. The van der Waals surface area contributed by atoms with Gasteiger partial charge < -0.3 is 52.3 Å². The molecule has 0 bridgehead atoms. The van der Waals surface area contributed by atoms with Crippen molar-refractivity contribution in [3.05, 3.63) is 174 Å². The Balaban J connectivity index is 1.12. The first-order chi connectivity index (χ1) is 42.6. The zero-order valence-corrected chi connectivity index (χ0v) is 51.5. The van der Waals surface area contributed by atoms with Crippen molar-refractivity contribution >= 4 is 65.1 Å². The van der Waals surface area contributed by atoms with E-state index in [1.54, 1.807) is 31.2 Å². The lowest BCUT2D eigenvalue weighted by Gasteiger charge is -2.42. The molecule has 88 heavy (non-hydrogen) atoms. The number of carbonyl (C=O) groups is 3. The van der Waals surface area contributed by atoms with E-state index >= 15 is 0 Å². The molecule has 2 aromatic heterocycles. The Morgan fingerprint density at radius 1 is 0.795 bits per heavy atom. The standard InChI is InChI=1S/C67H72N7O13P/c1-11-35-80-65-60-64(71-66(72-65)70-59-58-53(33-24-46-23-22-45-18-15-16-21-52(45)57(46)58)61(83-42(6)75)63(85-44(8)77)62(59)84-43(7)76)73(39-69-60)56-37-54(87-88(82-36-17-34-68)74(40(2)3)41(4)5)55(86-56)38-81-67(47-19-13-12-14-20-47,48-25-29-50(78-9)30-26-48)49-27-31-51(79-10)32-28-49/h11-16,18-33,39-41,54-56,59,61-63H,1,17,35-38H2,2-10H3,(H,70,71,72)/t54-,55+,56+,59-,61-,62+,63+,88?/m0/s1. The molecule has 0 spiro atoms. The quantitative estimate of drug-likeness (QED) is 0.0107. The highest BCUT2D eigenvalue weighted by Gasteiger charge is 2.51. The third-order valence-electron chi connectivity index (χ3n) is 15.5. The highest BCUT2D eigenvalue weighted by atomic mass is 31.2. The number of hydrogen-bond donors (Lipinski definition) is 1. The summed E-state index contributed by atoms with van der Waals surface area (Å²) >= 11 is 0. The van der Waals surface area contributed by atoms with Crippen LogP contribution in [0, 0.1) is 11.3 Å². The molecule has 1 aliphatic heterocycles. The fourth-order valence-electron chi connectivity index (χ4n) is 11.9. The molecule has 1 aliphatic carbocycles. The highest BCUT2D eigenvalue weighted by Crippen LogP contribution is 2.52. The second-order valence-corrected chi connectivity index (χ2v) is 23.3. The molecule has 1 unspecified atom stereocenters. The number of rotatable bonds is 25. The molecule has 0 radical (unpaired) electrons. The van der Waals surface area contributed by atoms with Crippen molar-refractivity contribution in [1.82, 2.24) is 24.2 Å². The Bertz CT molecular complexity index is 3770. The first-order valence-electron chi connectivity index (χ1n) is 29.2. The maximum absolute atomic E-state index is 13.4. The summed E-state index contributed by atoms with van der Waals surface area (Å²) in [5, 5.41) is 16.6. The van der Waals surface area contributed by atoms with Crippen LogP contribution in [0.1, 0.15) is 107 Å². The van der Waals surface area contributed by atoms with Crippen molar-refractivity contribution in [2.24, 2.45) is 0 Å². The minimum absolute atomic E-state index is 0.00222. The smallest absolute Gasteiger partial charge is 0.303 e. The lowest BCUT2D eigenvalue weighted by Crippen LogP contribution is -2.50. The zero-order chi connectivity index (χ0) is 62.2. The number of nitrogens with one attached hydrogen (secondary N) is 1. The van der Waals surface area contributed by atoms with Crippen LogP contribution < -0.4 is 19.5 Å². The molecule has 458 valence electrons. The number of ether oxygens (including phenoxy) is 8. The number of esters is 3. The van der Waals surface area contributed by atoms with Gasteiger partial charge in [-0.05, 0) is 95.8 Å². The van der Waals surface area contributed by atoms with Crippen LogP contribution in [0.15, 0.2) is 146 Å². The van der Waals surface area contributed by atoms with Crippen LogP contribution in [-0.4, -0.2) is 113 Å². The van der Waals surface area contributed by atoms with E-state index in [0.29, 0.717) is 22.6 Å². The van der Waals surface area contributed by atoms with Crippen LogP contribution in [0.25, 0.3) is 32.7 Å². The number of nitrogens with zero attached hydrogens (tertiary/aromatic N) is 6. The Labute approximate surface area is 512 Å². The number of methoxy groups -OCH3 is 2. The van der Waals surface area contributed by atoms with E-state index in [4.69, 9.17) is 61.9 Å². The van der Waals surface area contributed by atoms with Crippen LogP contribution >= 0.6 is 8.53 Å². The van der Waals surface area contributed by atoms with Crippen LogP contribution in [-0.2, 0) is 52.7 Å². The van der Waals surface area contributed by atoms with Gasteiger partial charge in [0.25, 0.3) is 8.53 Å². The van der Waals surface area contributed by atoms with E-state index < -0.39 is 74.8 Å². The van der Waals surface area contributed by atoms with Crippen molar-refractivity contribution in [3.8, 4) is 23.4 Å². The van der Waals surface area contributed by atoms with Crippen molar-refractivity contribution in [1.29, 1.82) is 5.26 Å². The first-order valence-corrected chi connectivity index (χ1v) is 30.3. The molecule has 2 aliphatic rings. The van der Waals surface area contributed by atoms with E-state index in [2.05, 4.69) is 50.3 Å². The maximum Gasteiger partial charge on any atom is 0.303 e. The topological polar surface area (TPSA) is 226 Å². The molecular weight excluding hydrogens is 1140 g/mol. The van der Waals surface area contributed by atoms with E-state index in [1.807, 2.05) is 127 Å². The van der Waals surface area contributed by atoms with Gasteiger partial charge >= 0.3 is 17.9 Å². The summed E-state index contributed by atoms with van der Waals surface area (Å²) in [5.41, 5.74) is 2.89. The second-order valence-electron chi connectivity index (χ2n) is 21.9. The van der Waals surface area contributed by atoms with Crippen LogP contribution in [0.2, 0.25) is 0 Å². The number of aromatic nitrogens is 4. The van der Waals surface area contributed by atoms with Gasteiger partial charge in [-0.3, -0.25) is 19.0 Å². The van der Waals surface area contributed by atoms with Gasteiger partial charge in [-0.2, -0.15) is 15.2 Å².